The van der Waals surface area contributed by atoms with E-state index < -0.39 is 19.9 Å². The van der Waals surface area contributed by atoms with Crippen LogP contribution in [0.2, 0.25) is 60.3 Å². The monoisotopic (exact) mass is 2260 g/mol. The van der Waals surface area contributed by atoms with E-state index in [0.717, 1.165) is 87.2 Å². The van der Waals surface area contributed by atoms with E-state index in [0.29, 0.717) is 82.4 Å². The van der Waals surface area contributed by atoms with Gasteiger partial charge in [-0.3, -0.25) is 64.8 Å². The summed E-state index contributed by atoms with van der Waals surface area (Å²) in [5, 5.41) is 49.5. The molecule has 14 aromatic carbocycles. The van der Waals surface area contributed by atoms with E-state index in [-0.39, 0.29) is 98.3 Å². The zero-order chi connectivity index (χ0) is 105. The molecule has 0 aliphatic heterocycles. The van der Waals surface area contributed by atoms with Crippen LogP contribution in [-0.2, 0) is 10.0 Å². The number of sulfonamides is 1. The second-order valence-electron chi connectivity index (χ2n) is 31.1. The first-order valence-electron chi connectivity index (χ1n) is 43.2. The van der Waals surface area contributed by atoms with Crippen LogP contribution in [0.25, 0.3) is 87.2 Å². The van der Waals surface area contributed by atoms with Crippen LogP contribution >= 0.6 is 152 Å². The molecule has 27 nitrogen and oxygen atoms in total. The maximum Gasteiger partial charge on any atom is 0.272 e. The number of hydrogen-bond donors (Lipinski definition) is 6. The van der Waals surface area contributed by atoms with Gasteiger partial charge in [-0.2, -0.15) is 0 Å². The van der Waals surface area contributed by atoms with Crippen LogP contribution < -0.4 is 45.6 Å². The average Bonchev–Trinajstić information content (AvgIpc) is 0.795. The van der Waals surface area contributed by atoms with Crippen molar-refractivity contribution in [2.45, 2.75) is 4.90 Å². The SMILES string of the molecule is Cl.Nc1cc(Cl)c(Oc2cnc3ccccc3c2)c(Cl)c1.Nc1cc(Cl)c(Oc2cnc3ccccc3c2)c(Cl)c1.Nc1cnc2ccccc2c1.O=S(=O)(Nc1cc(Cl)c(Oc2cnc3ccccc3c2)c(Cl)c1)c1ccc(Cl)cc1Cl.O=[N+]([O-])c1cc(Cl)c(Oc2cnc3ccccc3c2)c(Cl)c1.O=[N+]([O-])c1cc(Cl)c(Oc2cnc3ccccc3c2)c(Cl)c1.Oc1cnc2ccccc2c1.Oc1cnc2ccccc2c1. The van der Waals surface area contributed by atoms with E-state index in [1.807, 2.05) is 212 Å². The molecule has 0 amide bonds. The number of hydrogen-bond acceptors (Lipinski definition) is 24. The summed E-state index contributed by atoms with van der Waals surface area (Å²) in [5.74, 6) is 4.11. The first kappa shape index (κ1) is 109. The zero-order valence-electron chi connectivity index (χ0n) is 76.2. The Morgan fingerprint density at radius 3 is 0.738 bits per heavy atom. The zero-order valence-corrected chi connectivity index (χ0v) is 86.9. The highest BCUT2D eigenvalue weighted by Gasteiger charge is 2.24. The number of halogens is 13. The van der Waals surface area contributed by atoms with Gasteiger partial charge in [0.1, 0.15) is 45.1 Å². The molecule has 0 fully saturated rings. The standard InChI is InChI=1S/C21H12Cl4N2O3S.2C15H8Cl2N2O3.2C15H10Cl2N2O.C9H8N2.2C9H7NO.ClH/c22-13-5-6-20(16(23)8-13)31(28,29)27-14-9-17(24)21(18(25)10-14)30-15-7-12-3-1-2-4-19(12)26-11-15;2*16-12-6-10(19(20)21)7-13(17)15(12)22-11-5-9-3-1-2-4-14(9)18-8-11;2*16-12-6-10(18)7-13(17)15(12)20-11-5-9-3-1-2-4-14(9)19-8-11;10-8-5-7-3-1-2-4-9(7)11-6-8;2*11-8-5-7-3-1-2-4-9(7)10-6-8;/h1-11,27H;2*1-8H;2*1-8H,18H2;1-6H,10H2;2*1-6,11H;1H. The predicted molar refractivity (Wildman–Crippen MR) is 601 cm³/mol. The summed E-state index contributed by atoms with van der Waals surface area (Å²) in [6.45, 7) is 0. The summed E-state index contributed by atoms with van der Waals surface area (Å²) in [5.41, 5.74) is 25.4. The topological polar surface area (TPSA) is 400 Å². The average molecular weight is 2270 g/mol. The van der Waals surface area contributed by atoms with E-state index in [2.05, 4.69) is 44.6 Å². The smallest absolute Gasteiger partial charge is 0.272 e. The van der Waals surface area contributed by atoms with Crippen molar-refractivity contribution < 1.29 is 52.2 Å². The third kappa shape index (κ3) is 29.6. The van der Waals surface area contributed by atoms with Crippen molar-refractivity contribution in [3.05, 3.63) is 452 Å². The Hall–Kier alpha value is -15.3. The fraction of sp³-hybridized carbons (Fsp3) is 0. The van der Waals surface area contributed by atoms with Crippen molar-refractivity contribution in [3.8, 4) is 69.0 Å². The van der Waals surface area contributed by atoms with Crippen molar-refractivity contribution in [1.29, 1.82) is 0 Å². The molecular weight excluding hydrogens is 2190 g/mol. The summed E-state index contributed by atoms with van der Waals surface area (Å²) in [7, 11) is -4.00. The van der Waals surface area contributed by atoms with Crippen molar-refractivity contribution >= 4 is 283 Å². The molecule has 0 atom stereocenters. The summed E-state index contributed by atoms with van der Waals surface area (Å²) in [6.07, 6.45) is 12.4. The number of anilines is 4. The molecule has 0 spiro atoms. The number of aromatic hydroxyl groups is 2. The van der Waals surface area contributed by atoms with E-state index >= 15 is 0 Å². The highest BCUT2D eigenvalue weighted by atomic mass is 35.5. The molecule has 748 valence electrons. The highest BCUT2D eigenvalue weighted by molar-refractivity contribution is 7.92. The Kier molecular flexibility index (Phi) is 37.3. The minimum atomic E-state index is -4.00. The number of nitro benzene ring substituents is 2. The number of aromatic nitrogens is 8. The number of pyridine rings is 8. The minimum Gasteiger partial charge on any atom is -0.506 e. The quantitative estimate of drug-likeness (QED) is 0.0315. The Balaban J connectivity index is 0.000000137. The molecule has 0 bridgehead atoms. The van der Waals surface area contributed by atoms with Crippen molar-refractivity contribution in [3.63, 3.8) is 0 Å². The van der Waals surface area contributed by atoms with Gasteiger partial charge in [-0.1, -0.05) is 285 Å². The van der Waals surface area contributed by atoms with Crippen LogP contribution in [0.15, 0.2) is 376 Å². The van der Waals surface area contributed by atoms with Crippen molar-refractivity contribution in [2.75, 3.05) is 21.9 Å². The van der Waals surface area contributed by atoms with E-state index in [9.17, 15) is 28.6 Å². The lowest BCUT2D eigenvalue weighted by Crippen LogP contribution is -2.13. The molecule has 22 rings (SSSR count). The van der Waals surface area contributed by atoms with Crippen LogP contribution in [0.1, 0.15) is 0 Å². The lowest BCUT2D eigenvalue weighted by molar-refractivity contribution is -0.385. The first-order valence-corrected chi connectivity index (χ1v) is 49.2. The Bertz CT molecular complexity index is 8280. The molecule has 41 heteroatoms. The normalized spacial score (nSPS) is 10.7. The van der Waals surface area contributed by atoms with Crippen LogP contribution in [-0.4, -0.2) is 68.3 Å². The fourth-order valence-electron chi connectivity index (χ4n) is 13.8. The number of rotatable bonds is 15. The summed E-state index contributed by atoms with van der Waals surface area (Å²) < 4.78 is 56.3. The summed E-state index contributed by atoms with van der Waals surface area (Å²) >= 11 is 72.9. The van der Waals surface area contributed by atoms with Gasteiger partial charge in [0, 0.05) is 83.8 Å². The number of nitrogen functional groups attached to an aromatic ring is 3. The number of nitrogens with one attached hydrogen (secondary N) is 1. The first-order chi connectivity index (χ1) is 71.2. The van der Waals surface area contributed by atoms with Crippen molar-refractivity contribution in [1.82, 2.24) is 39.9 Å². The number of benzene rings is 14. The fourth-order valence-corrected chi connectivity index (χ4v) is 18.4. The molecular formula is C108H71Cl13N14O13S. The predicted octanol–water partition coefficient (Wildman–Crippen LogP) is 33.9. The van der Waals surface area contributed by atoms with E-state index in [1.54, 1.807) is 79.4 Å². The number of nitrogens with zero attached hydrogens (tertiary/aromatic N) is 10. The molecule has 22 aromatic rings. The van der Waals surface area contributed by atoms with E-state index in [4.69, 9.17) is 190 Å². The maximum atomic E-state index is 12.7. The largest absolute Gasteiger partial charge is 0.506 e. The molecule has 0 aliphatic rings. The van der Waals surface area contributed by atoms with Crippen LogP contribution in [0, 0.1) is 20.2 Å². The Morgan fingerprint density at radius 2 is 0.483 bits per heavy atom. The van der Waals surface area contributed by atoms with Crippen LogP contribution in [0.3, 0.4) is 0 Å². The molecule has 0 saturated heterocycles. The van der Waals surface area contributed by atoms with Gasteiger partial charge in [0.25, 0.3) is 21.4 Å². The number of non-ortho nitro benzene ring substituents is 2. The van der Waals surface area contributed by atoms with Gasteiger partial charge in [0.05, 0.1) is 170 Å². The molecule has 0 radical (unpaired) electrons. The van der Waals surface area contributed by atoms with Crippen molar-refractivity contribution in [2.24, 2.45) is 0 Å². The van der Waals surface area contributed by atoms with E-state index in [1.165, 1.54) is 79.4 Å². The number of nitro groups is 2. The van der Waals surface area contributed by atoms with Gasteiger partial charge in [0.2, 0.25) is 0 Å². The maximum absolute atomic E-state index is 12.7. The third-order valence-corrected chi connectivity index (χ3v) is 25.5. The van der Waals surface area contributed by atoms with Crippen LogP contribution in [0.4, 0.5) is 34.1 Å². The Morgan fingerprint density at radius 1 is 0.262 bits per heavy atom. The molecule has 0 unspecified atom stereocenters. The highest BCUT2D eigenvalue weighted by Crippen LogP contribution is 2.46. The molecule has 149 heavy (non-hydrogen) atoms. The molecule has 9 N–H and O–H groups in total. The number of ether oxygens (including phenoxy) is 5. The second-order valence-corrected chi connectivity index (χ2v) is 37.7. The molecule has 0 aliphatic carbocycles. The van der Waals surface area contributed by atoms with Gasteiger partial charge >= 0.3 is 0 Å². The number of nitrogens with two attached hydrogens (primary N) is 3. The van der Waals surface area contributed by atoms with Gasteiger partial charge in [-0.15, -0.1) is 12.4 Å². The third-order valence-electron chi connectivity index (χ3n) is 20.6. The number of fused-ring (bicyclic) bond motifs is 8. The van der Waals surface area contributed by atoms with Gasteiger partial charge in [-0.05, 0) is 152 Å². The molecule has 8 heterocycles. The second kappa shape index (κ2) is 50.9. The lowest BCUT2D eigenvalue weighted by atomic mass is 10.2. The molecule has 8 aromatic heterocycles. The number of para-hydroxylation sites is 8. The minimum absolute atomic E-state index is 0. The van der Waals surface area contributed by atoms with Gasteiger partial charge < -0.3 is 51.1 Å². The molecule has 0 saturated carbocycles. The summed E-state index contributed by atoms with van der Waals surface area (Å²) in [6, 6.07) is 93.9. The summed E-state index contributed by atoms with van der Waals surface area (Å²) in [4.78, 5) is 54.0. The lowest BCUT2D eigenvalue weighted by Gasteiger charge is -2.14. The van der Waals surface area contributed by atoms with Gasteiger partial charge in [0.15, 0.2) is 28.7 Å². The van der Waals surface area contributed by atoms with Gasteiger partial charge in [-0.25, -0.2) is 8.42 Å². The van der Waals surface area contributed by atoms with Crippen LogP contribution in [0.5, 0.6) is 69.0 Å². The Labute approximate surface area is 914 Å².